The summed E-state index contributed by atoms with van der Waals surface area (Å²) >= 11 is 0. The van der Waals surface area contributed by atoms with Crippen LogP contribution in [0.3, 0.4) is 0 Å². The molecule has 3 aromatic rings. The smallest absolute Gasteiger partial charge is 0.210 e. The number of fused-ring (bicyclic) bond motifs is 2. The summed E-state index contributed by atoms with van der Waals surface area (Å²) in [4.78, 5) is 15.1. The van der Waals surface area contributed by atoms with Crippen molar-refractivity contribution >= 4 is 28.7 Å². The predicted octanol–water partition coefficient (Wildman–Crippen LogP) is 5.21. The summed E-state index contributed by atoms with van der Waals surface area (Å²) < 4.78 is 5.40. The molecule has 0 aliphatic carbocycles. The minimum Gasteiger partial charge on any atom is -0.398 e. The Bertz CT molecular complexity index is 1150. The number of nitrogen functional groups attached to an aromatic ring is 1. The quantitative estimate of drug-likeness (QED) is 0.334. The average molecular weight is 492 g/mol. The Balaban J connectivity index is 0.000000169. The van der Waals surface area contributed by atoms with Crippen molar-refractivity contribution in [2.45, 2.75) is 66.0 Å². The number of nitrogens with two attached hydrogens (primary N) is 1. The number of benzene rings is 2. The third-order valence-electron chi connectivity index (χ3n) is 7.29. The highest BCUT2D eigenvalue weighted by molar-refractivity contribution is 5.85. The van der Waals surface area contributed by atoms with E-state index >= 15 is 0 Å². The fourth-order valence-electron chi connectivity index (χ4n) is 5.22. The van der Waals surface area contributed by atoms with Gasteiger partial charge in [-0.05, 0) is 85.9 Å². The van der Waals surface area contributed by atoms with E-state index in [9.17, 15) is 4.79 Å². The van der Waals surface area contributed by atoms with Gasteiger partial charge in [0.15, 0.2) is 0 Å². The van der Waals surface area contributed by atoms with Crippen LogP contribution in [0, 0.1) is 12.8 Å². The number of hydrogen-bond donors (Lipinski definition) is 2. The molecule has 2 aromatic carbocycles. The highest BCUT2D eigenvalue weighted by Gasteiger charge is 2.19. The summed E-state index contributed by atoms with van der Waals surface area (Å²) in [6, 6.07) is 10.7. The Morgan fingerprint density at radius 2 is 1.83 bits per heavy atom. The molecule has 0 spiro atoms. The number of anilines is 2. The Morgan fingerprint density at radius 3 is 2.53 bits per heavy atom. The summed E-state index contributed by atoms with van der Waals surface area (Å²) in [5.41, 5.74) is 13.9. The van der Waals surface area contributed by atoms with Gasteiger partial charge in [-0.3, -0.25) is 9.89 Å². The number of carbonyl (C=O) groups excluding carboxylic acids is 1. The first-order valence-electron chi connectivity index (χ1n) is 13.4. The van der Waals surface area contributed by atoms with Crippen molar-refractivity contribution in [3.05, 3.63) is 52.7 Å². The van der Waals surface area contributed by atoms with Crippen LogP contribution in [0.1, 0.15) is 61.9 Å². The second-order valence-corrected chi connectivity index (χ2v) is 10.1. The minimum absolute atomic E-state index is 0.709. The molecule has 5 rings (SSSR count). The number of ether oxygens (including phenoxy) is 1. The van der Waals surface area contributed by atoms with Gasteiger partial charge in [0, 0.05) is 61.8 Å². The first-order chi connectivity index (χ1) is 17.5. The number of carbonyl (C=O) groups is 1. The molecule has 2 aliphatic heterocycles. The monoisotopic (exact) mass is 491 g/mol. The van der Waals surface area contributed by atoms with Crippen LogP contribution in [0.5, 0.6) is 0 Å². The molecular formula is C29H41N5O2. The zero-order chi connectivity index (χ0) is 25.5. The van der Waals surface area contributed by atoms with Gasteiger partial charge in [-0.2, -0.15) is 5.10 Å². The summed E-state index contributed by atoms with van der Waals surface area (Å²) in [7, 11) is 0. The molecular weight excluding hydrogens is 450 g/mol. The van der Waals surface area contributed by atoms with E-state index in [2.05, 4.69) is 53.2 Å². The molecule has 1 fully saturated rings. The normalized spacial score (nSPS) is 15.5. The lowest BCUT2D eigenvalue weighted by Crippen LogP contribution is -2.24. The molecule has 36 heavy (non-hydrogen) atoms. The van der Waals surface area contributed by atoms with Gasteiger partial charge >= 0.3 is 0 Å². The molecule has 1 aromatic heterocycles. The molecule has 0 bridgehead atoms. The van der Waals surface area contributed by atoms with Crippen molar-refractivity contribution in [2.75, 3.05) is 36.9 Å². The highest BCUT2D eigenvalue weighted by Crippen LogP contribution is 2.28. The maximum Gasteiger partial charge on any atom is 0.210 e. The average Bonchev–Trinajstić information content (AvgIpc) is 3.48. The van der Waals surface area contributed by atoms with E-state index in [-0.39, 0.29) is 0 Å². The van der Waals surface area contributed by atoms with E-state index in [1.807, 2.05) is 17.9 Å². The van der Waals surface area contributed by atoms with Crippen LogP contribution in [0.2, 0.25) is 0 Å². The minimum atomic E-state index is 0.709. The van der Waals surface area contributed by atoms with Crippen molar-refractivity contribution < 1.29 is 9.53 Å². The Hall–Kier alpha value is -3.06. The summed E-state index contributed by atoms with van der Waals surface area (Å²) in [6.07, 6.45) is 6.62. The summed E-state index contributed by atoms with van der Waals surface area (Å²) in [5.74, 6) is 0.709. The maximum atomic E-state index is 10.8. The van der Waals surface area contributed by atoms with Crippen molar-refractivity contribution in [1.29, 1.82) is 0 Å². The van der Waals surface area contributed by atoms with E-state index in [0.29, 0.717) is 5.92 Å². The van der Waals surface area contributed by atoms with Gasteiger partial charge in [0.25, 0.3) is 0 Å². The van der Waals surface area contributed by atoms with Gasteiger partial charge in [0.2, 0.25) is 6.41 Å². The first-order valence-corrected chi connectivity index (χ1v) is 13.4. The SMILES string of the molecule is CCCN(CCC)c1ccc2c(c1)CN(C=O)C2.Cc1cc2c(CC3CCOCC3)[nH]nc2cc1N. The number of H-pyrrole nitrogens is 1. The van der Waals surface area contributed by atoms with Gasteiger partial charge < -0.3 is 20.3 Å². The zero-order valence-corrected chi connectivity index (χ0v) is 22.1. The van der Waals surface area contributed by atoms with Crippen LogP contribution in [-0.2, 0) is 29.0 Å². The Morgan fingerprint density at radius 1 is 1.11 bits per heavy atom. The lowest BCUT2D eigenvalue weighted by atomic mass is 9.93. The van der Waals surface area contributed by atoms with Crippen molar-refractivity contribution in [3.63, 3.8) is 0 Å². The van der Waals surface area contributed by atoms with Crippen LogP contribution in [0.15, 0.2) is 30.3 Å². The number of hydrogen-bond acceptors (Lipinski definition) is 5. The van der Waals surface area contributed by atoms with Crippen LogP contribution >= 0.6 is 0 Å². The lowest BCUT2D eigenvalue weighted by molar-refractivity contribution is -0.118. The third-order valence-corrected chi connectivity index (χ3v) is 7.29. The van der Waals surface area contributed by atoms with E-state index in [0.717, 1.165) is 94.7 Å². The van der Waals surface area contributed by atoms with Crippen LogP contribution in [0.4, 0.5) is 11.4 Å². The molecule has 7 nitrogen and oxygen atoms in total. The summed E-state index contributed by atoms with van der Waals surface area (Å²) in [5, 5.41) is 8.73. The van der Waals surface area contributed by atoms with E-state index in [1.54, 1.807) is 0 Å². The largest absolute Gasteiger partial charge is 0.398 e. The van der Waals surface area contributed by atoms with Crippen LogP contribution < -0.4 is 10.6 Å². The molecule has 3 N–H and O–H groups in total. The second kappa shape index (κ2) is 12.3. The Labute approximate surface area is 215 Å². The lowest BCUT2D eigenvalue weighted by Gasteiger charge is -2.24. The van der Waals surface area contributed by atoms with E-state index < -0.39 is 0 Å². The molecule has 0 saturated carbocycles. The Kier molecular flexibility index (Phi) is 8.86. The number of nitrogens with zero attached hydrogens (tertiary/aromatic N) is 3. The predicted molar refractivity (Wildman–Crippen MR) is 147 cm³/mol. The second-order valence-electron chi connectivity index (χ2n) is 10.1. The van der Waals surface area contributed by atoms with Crippen molar-refractivity contribution in [1.82, 2.24) is 15.1 Å². The van der Waals surface area contributed by atoms with Crippen LogP contribution in [0.25, 0.3) is 10.9 Å². The van der Waals surface area contributed by atoms with Gasteiger partial charge in [0.05, 0.1) is 5.52 Å². The number of aryl methyl sites for hydroxylation is 1. The fraction of sp³-hybridized carbons (Fsp3) is 0.517. The molecule has 0 atom stereocenters. The molecule has 3 heterocycles. The van der Waals surface area contributed by atoms with Gasteiger partial charge in [-0.1, -0.05) is 19.9 Å². The molecule has 0 radical (unpaired) electrons. The van der Waals surface area contributed by atoms with Crippen molar-refractivity contribution in [3.8, 4) is 0 Å². The van der Waals surface area contributed by atoms with Gasteiger partial charge in [0.1, 0.15) is 0 Å². The molecule has 1 saturated heterocycles. The molecule has 7 heteroatoms. The third kappa shape index (κ3) is 6.19. The van der Waals surface area contributed by atoms with Crippen LogP contribution in [-0.4, -0.2) is 47.8 Å². The zero-order valence-electron chi connectivity index (χ0n) is 22.1. The number of aromatic amines is 1. The van der Waals surface area contributed by atoms with Gasteiger partial charge in [-0.15, -0.1) is 0 Å². The van der Waals surface area contributed by atoms with Crippen molar-refractivity contribution in [2.24, 2.45) is 5.92 Å². The maximum absolute atomic E-state index is 10.8. The summed E-state index contributed by atoms with van der Waals surface area (Å²) in [6.45, 7) is 12.0. The van der Waals surface area contributed by atoms with E-state index in [4.69, 9.17) is 10.5 Å². The highest BCUT2D eigenvalue weighted by atomic mass is 16.5. The number of aromatic nitrogens is 2. The molecule has 0 unspecified atom stereocenters. The number of rotatable bonds is 8. The molecule has 194 valence electrons. The standard InChI is InChI=1S/C15H22N2O.C14H19N3O/c1-3-7-17(8-4-2)15-6-5-13-10-16(12-18)11-14(13)9-15;1-9-6-11-13(7-10-2-4-18-5-3-10)16-17-14(11)8-12(9)15/h5-6,9,12H,3-4,7-8,10-11H2,1-2H3;6,8,10H,2-5,7,15H2,1H3,(H,16,17). The van der Waals surface area contributed by atoms with E-state index in [1.165, 1.54) is 27.9 Å². The first kappa shape index (κ1) is 26.0. The molecule has 1 amide bonds. The molecule has 2 aliphatic rings. The fourth-order valence-corrected chi connectivity index (χ4v) is 5.22. The number of amides is 1. The number of nitrogens with one attached hydrogen (secondary N) is 1. The van der Waals surface area contributed by atoms with Gasteiger partial charge in [-0.25, -0.2) is 0 Å². The topological polar surface area (TPSA) is 87.5 Å².